The predicted octanol–water partition coefficient (Wildman–Crippen LogP) is 1.72. The molecule has 0 aromatic carbocycles. The summed E-state index contributed by atoms with van der Waals surface area (Å²) in [5.74, 6) is 1.20. The fourth-order valence-corrected chi connectivity index (χ4v) is 1.59. The minimum atomic E-state index is 0.446. The Bertz CT molecular complexity index is 502. The van der Waals surface area contributed by atoms with Gasteiger partial charge in [-0.3, -0.25) is 4.98 Å². The quantitative estimate of drug-likeness (QED) is 0.837. The van der Waals surface area contributed by atoms with Gasteiger partial charge in [-0.1, -0.05) is 6.07 Å². The van der Waals surface area contributed by atoms with E-state index in [0.717, 1.165) is 18.8 Å². The summed E-state index contributed by atoms with van der Waals surface area (Å²) in [5, 5.41) is 3.22. The number of hydrogen-bond donors (Lipinski definition) is 2. The molecule has 0 aliphatic carbocycles. The van der Waals surface area contributed by atoms with Crippen LogP contribution in [0.3, 0.4) is 0 Å². The number of nitrogens with one attached hydrogen (secondary N) is 1. The maximum Gasteiger partial charge on any atom is 0.238 e. The summed E-state index contributed by atoms with van der Waals surface area (Å²) in [4.78, 5) is 8.32. The largest absolute Gasteiger partial charge is 0.479 e. The van der Waals surface area contributed by atoms with Gasteiger partial charge in [-0.05, 0) is 30.2 Å². The minimum absolute atomic E-state index is 0.446. The van der Waals surface area contributed by atoms with Crippen LogP contribution in [0.5, 0.6) is 5.88 Å². The molecular weight excluding hydrogens is 228 g/mol. The summed E-state index contributed by atoms with van der Waals surface area (Å²) in [6.07, 6.45) is 4.52. The maximum absolute atomic E-state index is 5.70. The highest BCUT2D eigenvalue weighted by molar-refractivity contribution is 5.53. The lowest BCUT2D eigenvalue weighted by atomic mass is 10.2. The molecule has 5 heteroatoms. The summed E-state index contributed by atoms with van der Waals surface area (Å²) >= 11 is 0. The Labute approximate surface area is 106 Å². The average molecular weight is 244 g/mol. The van der Waals surface area contributed by atoms with Crippen molar-refractivity contribution in [2.45, 2.75) is 6.42 Å². The van der Waals surface area contributed by atoms with Crippen molar-refractivity contribution in [3.8, 4) is 5.88 Å². The first-order valence-corrected chi connectivity index (χ1v) is 5.73. The molecule has 0 saturated heterocycles. The molecule has 0 amide bonds. The molecule has 0 unspecified atom stereocenters. The van der Waals surface area contributed by atoms with Crippen LogP contribution < -0.4 is 15.8 Å². The third-order valence-electron chi connectivity index (χ3n) is 2.53. The topological polar surface area (TPSA) is 73.1 Å². The van der Waals surface area contributed by atoms with Gasteiger partial charge < -0.3 is 15.8 Å². The van der Waals surface area contributed by atoms with Crippen LogP contribution >= 0.6 is 0 Å². The van der Waals surface area contributed by atoms with Gasteiger partial charge in [0.05, 0.1) is 12.8 Å². The fraction of sp³-hybridized carbons (Fsp3) is 0.231. The first-order chi connectivity index (χ1) is 8.79. The van der Waals surface area contributed by atoms with Crippen LogP contribution in [0.2, 0.25) is 0 Å². The lowest BCUT2D eigenvalue weighted by molar-refractivity contribution is 0.401. The van der Waals surface area contributed by atoms with Gasteiger partial charge in [0.15, 0.2) is 0 Å². The van der Waals surface area contributed by atoms with E-state index in [-0.39, 0.29) is 0 Å². The molecule has 2 aromatic rings. The SMILES string of the molecule is COc1nc(NCCc2cccnc2)ccc1N. The maximum atomic E-state index is 5.70. The standard InChI is InChI=1S/C13H16N4O/c1-18-13-11(14)4-5-12(17-13)16-8-6-10-3-2-7-15-9-10/h2-5,7,9H,6,8,14H2,1H3,(H,16,17). The highest BCUT2D eigenvalue weighted by Gasteiger charge is 2.02. The van der Waals surface area contributed by atoms with E-state index in [9.17, 15) is 0 Å². The number of anilines is 2. The zero-order valence-corrected chi connectivity index (χ0v) is 10.3. The van der Waals surface area contributed by atoms with Gasteiger partial charge in [-0.15, -0.1) is 0 Å². The number of methoxy groups -OCH3 is 1. The molecule has 2 rings (SSSR count). The smallest absolute Gasteiger partial charge is 0.238 e. The van der Waals surface area contributed by atoms with Crippen LogP contribution in [0.25, 0.3) is 0 Å². The fourth-order valence-electron chi connectivity index (χ4n) is 1.59. The number of rotatable bonds is 5. The van der Waals surface area contributed by atoms with Crippen molar-refractivity contribution in [1.29, 1.82) is 0 Å². The number of aromatic nitrogens is 2. The van der Waals surface area contributed by atoms with Gasteiger partial charge in [0.1, 0.15) is 5.82 Å². The van der Waals surface area contributed by atoms with Crippen molar-refractivity contribution in [3.05, 3.63) is 42.2 Å². The second-order valence-corrected chi connectivity index (χ2v) is 3.83. The molecule has 94 valence electrons. The Balaban J connectivity index is 1.91. The summed E-state index contributed by atoms with van der Waals surface area (Å²) in [5.41, 5.74) is 7.42. The molecule has 2 heterocycles. The summed E-state index contributed by atoms with van der Waals surface area (Å²) in [6.45, 7) is 0.783. The van der Waals surface area contributed by atoms with E-state index in [1.807, 2.05) is 24.4 Å². The Morgan fingerprint density at radius 3 is 2.94 bits per heavy atom. The van der Waals surface area contributed by atoms with Crippen molar-refractivity contribution in [2.24, 2.45) is 0 Å². The number of nitrogens with two attached hydrogens (primary N) is 1. The molecule has 2 aromatic heterocycles. The first-order valence-electron chi connectivity index (χ1n) is 5.73. The number of nitrogens with zero attached hydrogens (tertiary/aromatic N) is 2. The zero-order valence-electron chi connectivity index (χ0n) is 10.3. The van der Waals surface area contributed by atoms with Crippen LogP contribution in [0.4, 0.5) is 11.5 Å². The van der Waals surface area contributed by atoms with Gasteiger partial charge in [0, 0.05) is 18.9 Å². The third-order valence-corrected chi connectivity index (χ3v) is 2.53. The van der Waals surface area contributed by atoms with Crippen molar-refractivity contribution in [3.63, 3.8) is 0 Å². The zero-order chi connectivity index (χ0) is 12.8. The number of pyridine rings is 2. The Kier molecular flexibility index (Phi) is 3.96. The van der Waals surface area contributed by atoms with E-state index < -0.39 is 0 Å². The van der Waals surface area contributed by atoms with Gasteiger partial charge in [-0.25, -0.2) is 0 Å². The molecular formula is C13H16N4O. The minimum Gasteiger partial charge on any atom is -0.479 e. The predicted molar refractivity (Wildman–Crippen MR) is 71.6 cm³/mol. The second kappa shape index (κ2) is 5.86. The van der Waals surface area contributed by atoms with Crippen LogP contribution in [-0.2, 0) is 6.42 Å². The Morgan fingerprint density at radius 2 is 2.22 bits per heavy atom. The molecule has 0 aliphatic rings. The molecule has 0 aliphatic heterocycles. The summed E-state index contributed by atoms with van der Waals surface area (Å²) in [7, 11) is 1.55. The molecule has 3 N–H and O–H groups in total. The average Bonchev–Trinajstić information content (AvgIpc) is 2.42. The molecule has 5 nitrogen and oxygen atoms in total. The highest BCUT2D eigenvalue weighted by atomic mass is 16.5. The van der Waals surface area contributed by atoms with Crippen molar-refractivity contribution < 1.29 is 4.74 Å². The first kappa shape index (κ1) is 12.2. The van der Waals surface area contributed by atoms with Crippen LogP contribution in [-0.4, -0.2) is 23.6 Å². The van der Waals surface area contributed by atoms with E-state index in [2.05, 4.69) is 15.3 Å². The lowest BCUT2D eigenvalue weighted by Crippen LogP contribution is -2.07. The summed E-state index contributed by atoms with van der Waals surface area (Å²) < 4.78 is 5.06. The normalized spacial score (nSPS) is 10.1. The molecule has 0 radical (unpaired) electrons. The molecule has 0 spiro atoms. The van der Waals surface area contributed by atoms with E-state index in [0.29, 0.717) is 11.6 Å². The molecule has 18 heavy (non-hydrogen) atoms. The van der Waals surface area contributed by atoms with Crippen molar-refractivity contribution >= 4 is 11.5 Å². The van der Waals surface area contributed by atoms with Gasteiger partial charge in [0.2, 0.25) is 5.88 Å². The Hall–Kier alpha value is -2.30. The van der Waals surface area contributed by atoms with E-state index in [1.54, 1.807) is 19.4 Å². The van der Waals surface area contributed by atoms with Gasteiger partial charge in [0.25, 0.3) is 0 Å². The molecule has 0 saturated carbocycles. The molecule has 0 atom stereocenters. The number of nitrogen functional groups attached to an aromatic ring is 1. The van der Waals surface area contributed by atoms with Crippen LogP contribution in [0.15, 0.2) is 36.7 Å². The van der Waals surface area contributed by atoms with E-state index in [4.69, 9.17) is 10.5 Å². The Morgan fingerprint density at radius 1 is 1.33 bits per heavy atom. The highest BCUT2D eigenvalue weighted by Crippen LogP contribution is 2.19. The van der Waals surface area contributed by atoms with E-state index >= 15 is 0 Å². The van der Waals surface area contributed by atoms with Crippen LogP contribution in [0, 0.1) is 0 Å². The van der Waals surface area contributed by atoms with Crippen LogP contribution in [0.1, 0.15) is 5.56 Å². The number of ether oxygens (including phenoxy) is 1. The molecule has 0 bridgehead atoms. The summed E-state index contributed by atoms with van der Waals surface area (Å²) in [6, 6.07) is 7.59. The molecule has 0 fully saturated rings. The van der Waals surface area contributed by atoms with Gasteiger partial charge >= 0.3 is 0 Å². The number of hydrogen-bond acceptors (Lipinski definition) is 5. The third kappa shape index (κ3) is 3.10. The van der Waals surface area contributed by atoms with E-state index in [1.165, 1.54) is 5.56 Å². The van der Waals surface area contributed by atoms with Gasteiger partial charge in [-0.2, -0.15) is 4.98 Å². The monoisotopic (exact) mass is 244 g/mol. The van der Waals surface area contributed by atoms with Crippen molar-refractivity contribution in [2.75, 3.05) is 24.7 Å². The van der Waals surface area contributed by atoms with Crippen molar-refractivity contribution in [1.82, 2.24) is 9.97 Å². The second-order valence-electron chi connectivity index (χ2n) is 3.83. The lowest BCUT2D eigenvalue weighted by Gasteiger charge is -2.08.